The summed E-state index contributed by atoms with van der Waals surface area (Å²) in [6.07, 6.45) is -0.354. The van der Waals surface area contributed by atoms with Crippen molar-refractivity contribution in [2.45, 2.75) is 6.10 Å². The van der Waals surface area contributed by atoms with Crippen LogP contribution >= 0.6 is 11.6 Å². The monoisotopic (exact) mass is 190 g/mol. The lowest BCUT2D eigenvalue weighted by Gasteiger charge is -2.02. The fraction of sp³-hybridized carbons (Fsp3) is 0.250. The van der Waals surface area contributed by atoms with Crippen molar-refractivity contribution >= 4 is 11.6 Å². The Bertz CT molecular complexity index is 323. The van der Waals surface area contributed by atoms with E-state index in [1.165, 1.54) is 0 Å². The number of hydrogen-bond acceptors (Lipinski definition) is 1. The Labute approximate surface area is 72.9 Å². The molecule has 0 aliphatic carbocycles. The molecule has 0 radical (unpaired) electrons. The molecule has 1 atom stereocenters. The van der Waals surface area contributed by atoms with Gasteiger partial charge in [-0.25, -0.2) is 8.78 Å². The Morgan fingerprint density at radius 2 is 1.92 bits per heavy atom. The zero-order valence-corrected chi connectivity index (χ0v) is 6.74. The Morgan fingerprint density at radius 3 is 2.50 bits per heavy atom. The summed E-state index contributed by atoms with van der Waals surface area (Å²) in [5.41, 5.74) is 0.136. The van der Waals surface area contributed by atoms with Gasteiger partial charge in [-0.05, 0) is 12.1 Å². The largest absolute Gasteiger partial charge is 0.368 e. The van der Waals surface area contributed by atoms with Crippen molar-refractivity contribution in [2.75, 3.05) is 6.61 Å². The molecule has 0 saturated carbocycles. The molecule has 0 N–H and O–H groups in total. The van der Waals surface area contributed by atoms with E-state index in [0.717, 1.165) is 12.1 Å². The SMILES string of the molecule is Fc1ccc(F)c(C2CO2)c1Cl. The number of ether oxygens (including phenoxy) is 1. The Balaban J connectivity index is 2.55. The first-order valence-electron chi connectivity index (χ1n) is 3.45. The molecule has 0 spiro atoms. The van der Waals surface area contributed by atoms with Gasteiger partial charge in [-0.1, -0.05) is 11.6 Å². The van der Waals surface area contributed by atoms with E-state index >= 15 is 0 Å². The summed E-state index contributed by atoms with van der Waals surface area (Å²) in [6.45, 7) is 0.417. The number of hydrogen-bond donors (Lipinski definition) is 0. The average Bonchev–Trinajstić information content (AvgIpc) is 2.81. The van der Waals surface area contributed by atoms with Crippen LogP contribution in [-0.2, 0) is 4.74 Å². The predicted octanol–water partition coefficient (Wildman–Crippen LogP) is 2.69. The second-order valence-electron chi connectivity index (χ2n) is 2.58. The molecule has 1 heterocycles. The number of rotatable bonds is 1. The lowest BCUT2D eigenvalue weighted by molar-refractivity contribution is 0.406. The molecule has 1 fully saturated rings. The van der Waals surface area contributed by atoms with Crippen molar-refractivity contribution in [1.82, 2.24) is 0 Å². The number of halogens is 3. The third-order valence-corrected chi connectivity index (χ3v) is 2.12. The molecule has 0 amide bonds. The lowest BCUT2D eigenvalue weighted by atomic mass is 10.1. The minimum Gasteiger partial charge on any atom is -0.368 e. The van der Waals surface area contributed by atoms with Gasteiger partial charge in [0, 0.05) is 5.56 Å². The lowest BCUT2D eigenvalue weighted by Crippen LogP contribution is -1.92. The second-order valence-corrected chi connectivity index (χ2v) is 2.96. The van der Waals surface area contributed by atoms with Crippen molar-refractivity contribution in [2.24, 2.45) is 0 Å². The summed E-state index contributed by atoms with van der Waals surface area (Å²) in [6, 6.07) is 2.06. The van der Waals surface area contributed by atoms with Crippen LogP contribution in [0.25, 0.3) is 0 Å². The van der Waals surface area contributed by atoms with E-state index in [0.29, 0.717) is 6.61 Å². The third-order valence-electron chi connectivity index (χ3n) is 1.73. The van der Waals surface area contributed by atoms with Crippen LogP contribution in [0.15, 0.2) is 12.1 Å². The summed E-state index contributed by atoms with van der Waals surface area (Å²) in [7, 11) is 0. The predicted molar refractivity (Wildman–Crippen MR) is 40.1 cm³/mol. The fourth-order valence-electron chi connectivity index (χ4n) is 1.05. The van der Waals surface area contributed by atoms with Crippen molar-refractivity contribution in [1.29, 1.82) is 0 Å². The summed E-state index contributed by atoms with van der Waals surface area (Å²) in [4.78, 5) is 0. The third kappa shape index (κ3) is 1.19. The highest BCUT2D eigenvalue weighted by Crippen LogP contribution is 2.37. The summed E-state index contributed by atoms with van der Waals surface area (Å²) < 4.78 is 30.6. The van der Waals surface area contributed by atoms with Gasteiger partial charge < -0.3 is 4.74 Å². The first kappa shape index (κ1) is 7.95. The van der Waals surface area contributed by atoms with Gasteiger partial charge in [-0.3, -0.25) is 0 Å². The minimum absolute atomic E-state index is 0.136. The van der Waals surface area contributed by atoms with Crippen LogP contribution in [0, 0.1) is 11.6 Å². The molecule has 1 aliphatic heterocycles. The van der Waals surface area contributed by atoms with Crippen LogP contribution in [0.2, 0.25) is 5.02 Å². The maximum Gasteiger partial charge on any atom is 0.142 e. The maximum absolute atomic E-state index is 13.0. The molecule has 1 aromatic rings. The maximum atomic E-state index is 13.0. The highest BCUT2D eigenvalue weighted by atomic mass is 35.5. The fourth-order valence-corrected chi connectivity index (χ4v) is 1.33. The summed E-state index contributed by atoms with van der Waals surface area (Å²) in [5, 5.41) is -0.169. The molecular weight excluding hydrogens is 186 g/mol. The van der Waals surface area contributed by atoms with Gasteiger partial charge >= 0.3 is 0 Å². The number of benzene rings is 1. The van der Waals surface area contributed by atoms with Crippen LogP contribution in [0.3, 0.4) is 0 Å². The highest BCUT2D eigenvalue weighted by molar-refractivity contribution is 6.31. The van der Waals surface area contributed by atoms with E-state index < -0.39 is 11.6 Å². The first-order valence-corrected chi connectivity index (χ1v) is 3.83. The average molecular weight is 191 g/mol. The highest BCUT2D eigenvalue weighted by Gasteiger charge is 2.31. The molecule has 1 aromatic carbocycles. The summed E-state index contributed by atoms with van der Waals surface area (Å²) in [5.74, 6) is -1.12. The van der Waals surface area contributed by atoms with Gasteiger partial charge in [0.15, 0.2) is 0 Å². The van der Waals surface area contributed by atoms with E-state index in [2.05, 4.69) is 0 Å². The van der Waals surface area contributed by atoms with Crippen LogP contribution in [0.4, 0.5) is 8.78 Å². The van der Waals surface area contributed by atoms with E-state index in [-0.39, 0.29) is 16.7 Å². The molecule has 1 nitrogen and oxygen atoms in total. The molecule has 0 aromatic heterocycles. The Hall–Kier alpha value is -0.670. The van der Waals surface area contributed by atoms with Gasteiger partial charge in [-0.2, -0.15) is 0 Å². The van der Waals surface area contributed by atoms with Gasteiger partial charge in [-0.15, -0.1) is 0 Å². The van der Waals surface area contributed by atoms with Crippen LogP contribution in [-0.4, -0.2) is 6.61 Å². The molecule has 64 valence electrons. The Kier molecular flexibility index (Phi) is 1.77. The van der Waals surface area contributed by atoms with Gasteiger partial charge in [0.05, 0.1) is 11.6 Å². The molecule has 12 heavy (non-hydrogen) atoms. The minimum atomic E-state index is -0.608. The van der Waals surface area contributed by atoms with Gasteiger partial charge in [0.1, 0.15) is 17.7 Å². The van der Waals surface area contributed by atoms with Crippen molar-refractivity contribution in [3.05, 3.63) is 34.4 Å². The van der Waals surface area contributed by atoms with Crippen LogP contribution in [0.1, 0.15) is 11.7 Å². The van der Waals surface area contributed by atoms with Gasteiger partial charge in [0.25, 0.3) is 0 Å². The normalized spacial score (nSPS) is 21.1. The molecule has 1 aliphatic rings. The molecule has 4 heteroatoms. The van der Waals surface area contributed by atoms with E-state index in [1.54, 1.807) is 0 Å². The molecule has 1 saturated heterocycles. The summed E-state index contributed by atoms with van der Waals surface area (Å²) >= 11 is 5.54. The van der Waals surface area contributed by atoms with Crippen LogP contribution < -0.4 is 0 Å². The zero-order chi connectivity index (χ0) is 8.72. The Morgan fingerprint density at radius 1 is 1.33 bits per heavy atom. The zero-order valence-electron chi connectivity index (χ0n) is 5.98. The van der Waals surface area contributed by atoms with Crippen molar-refractivity contribution in [3.63, 3.8) is 0 Å². The smallest absolute Gasteiger partial charge is 0.142 e. The molecule has 0 bridgehead atoms. The van der Waals surface area contributed by atoms with Crippen LogP contribution in [0.5, 0.6) is 0 Å². The first-order chi connectivity index (χ1) is 5.70. The quantitative estimate of drug-likeness (QED) is 0.490. The van der Waals surface area contributed by atoms with Crippen molar-refractivity contribution in [3.8, 4) is 0 Å². The molecule has 1 unspecified atom stereocenters. The molecular formula is C8H5ClF2O. The van der Waals surface area contributed by atoms with E-state index in [4.69, 9.17) is 16.3 Å². The second kappa shape index (κ2) is 2.68. The molecule has 2 rings (SSSR count). The van der Waals surface area contributed by atoms with E-state index in [9.17, 15) is 8.78 Å². The van der Waals surface area contributed by atoms with E-state index in [1.807, 2.05) is 0 Å². The van der Waals surface area contributed by atoms with Crippen molar-refractivity contribution < 1.29 is 13.5 Å². The topological polar surface area (TPSA) is 12.5 Å². The standard InChI is InChI=1S/C8H5ClF2O/c9-8-5(11)2-1-4(10)7(8)6-3-12-6/h1-2,6H,3H2. The number of epoxide rings is 1. The van der Waals surface area contributed by atoms with Gasteiger partial charge in [0.2, 0.25) is 0 Å².